The summed E-state index contributed by atoms with van der Waals surface area (Å²) in [5.74, 6) is 1.64. The minimum absolute atomic E-state index is 0.388. The molecule has 1 fully saturated rings. The Hall–Kier alpha value is -0.870. The van der Waals surface area contributed by atoms with Crippen LogP contribution in [0.1, 0.15) is 17.3 Å². The molecule has 0 radical (unpaired) electrons. The molecular weight excluding hydrogens is 329 g/mol. The lowest BCUT2D eigenvalue weighted by Crippen LogP contribution is -2.15. The Kier molecular flexibility index (Phi) is 4.65. The van der Waals surface area contributed by atoms with Gasteiger partial charge in [0.05, 0.1) is 15.1 Å². The lowest BCUT2D eigenvalue weighted by atomic mass is 9.86. The molecule has 0 bridgehead atoms. The van der Waals surface area contributed by atoms with Crippen LogP contribution in [0.4, 0.5) is 0 Å². The Bertz CT molecular complexity index is 631. The predicted molar refractivity (Wildman–Crippen MR) is 86.3 cm³/mol. The summed E-state index contributed by atoms with van der Waals surface area (Å²) < 4.78 is 0. The van der Waals surface area contributed by atoms with E-state index in [1.54, 1.807) is 12.4 Å². The number of aromatic nitrogens is 2. The van der Waals surface area contributed by atoms with Crippen molar-refractivity contribution in [1.82, 2.24) is 15.3 Å². The van der Waals surface area contributed by atoms with Gasteiger partial charge in [0, 0.05) is 31.3 Å². The summed E-state index contributed by atoms with van der Waals surface area (Å²) in [5.41, 5.74) is 1.20. The van der Waals surface area contributed by atoms with Crippen LogP contribution in [0.15, 0.2) is 30.6 Å². The van der Waals surface area contributed by atoms with Gasteiger partial charge in [-0.25, -0.2) is 9.97 Å². The molecule has 2 aromatic rings. The number of halogens is 3. The van der Waals surface area contributed by atoms with Crippen LogP contribution in [-0.2, 0) is 6.42 Å². The molecule has 3 nitrogen and oxygen atoms in total. The highest BCUT2D eigenvalue weighted by Gasteiger charge is 2.29. The second-order valence-corrected chi connectivity index (χ2v) is 6.47. The molecule has 1 saturated heterocycles. The maximum atomic E-state index is 6.13. The quantitative estimate of drug-likeness (QED) is 0.916. The minimum Gasteiger partial charge on any atom is -0.316 e. The van der Waals surface area contributed by atoms with Crippen LogP contribution in [0.2, 0.25) is 15.1 Å². The van der Waals surface area contributed by atoms with Crippen LogP contribution >= 0.6 is 34.8 Å². The number of hydrogen-bond acceptors (Lipinski definition) is 3. The maximum absolute atomic E-state index is 6.13. The standard InChI is InChI=1S/C15H14Cl3N3/c16-11-6-20-15(21-7-11)4-10-5-19-8-12(10)9-1-2-13(17)14(18)3-9/h1-3,6-7,10,12,19H,4-5,8H2. The summed E-state index contributed by atoms with van der Waals surface area (Å²) in [6, 6.07) is 5.85. The van der Waals surface area contributed by atoms with Crippen LogP contribution in [0.3, 0.4) is 0 Å². The zero-order valence-electron chi connectivity index (χ0n) is 11.2. The van der Waals surface area contributed by atoms with E-state index in [0.717, 1.165) is 25.3 Å². The Morgan fingerprint density at radius 3 is 2.52 bits per heavy atom. The number of nitrogens with zero attached hydrogens (tertiary/aromatic N) is 2. The largest absolute Gasteiger partial charge is 0.316 e. The molecule has 0 saturated carbocycles. The topological polar surface area (TPSA) is 37.8 Å². The highest BCUT2D eigenvalue weighted by Crippen LogP contribution is 2.33. The van der Waals surface area contributed by atoms with Crippen LogP contribution in [-0.4, -0.2) is 23.1 Å². The lowest BCUT2D eigenvalue weighted by molar-refractivity contribution is 0.503. The van der Waals surface area contributed by atoms with Gasteiger partial charge in [-0.2, -0.15) is 0 Å². The Morgan fingerprint density at radius 1 is 1.05 bits per heavy atom. The number of benzene rings is 1. The first-order valence-electron chi connectivity index (χ1n) is 6.75. The van der Waals surface area contributed by atoms with Gasteiger partial charge < -0.3 is 5.32 Å². The summed E-state index contributed by atoms with van der Waals surface area (Å²) in [5, 5.41) is 5.18. The molecule has 2 heterocycles. The molecule has 2 unspecified atom stereocenters. The average molecular weight is 343 g/mol. The molecule has 6 heteroatoms. The fourth-order valence-electron chi connectivity index (χ4n) is 2.76. The van der Waals surface area contributed by atoms with Gasteiger partial charge in [-0.05, 0) is 30.2 Å². The van der Waals surface area contributed by atoms with Crippen molar-refractivity contribution in [3.63, 3.8) is 0 Å². The summed E-state index contributed by atoms with van der Waals surface area (Å²) in [6.45, 7) is 1.87. The van der Waals surface area contributed by atoms with Crippen LogP contribution in [0, 0.1) is 5.92 Å². The smallest absolute Gasteiger partial charge is 0.128 e. The molecule has 3 rings (SSSR count). The second kappa shape index (κ2) is 6.49. The molecule has 1 aliphatic rings. The summed E-state index contributed by atoms with van der Waals surface area (Å²) in [7, 11) is 0. The van der Waals surface area contributed by atoms with Crippen molar-refractivity contribution < 1.29 is 0 Å². The molecule has 1 N–H and O–H groups in total. The van der Waals surface area contributed by atoms with E-state index in [0.29, 0.717) is 26.9 Å². The van der Waals surface area contributed by atoms with E-state index in [1.165, 1.54) is 5.56 Å². The molecule has 0 spiro atoms. The van der Waals surface area contributed by atoms with Crippen molar-refractivity contribution in [3.8, 4) is 0 Å². The van der Waals surface area contributed by atoms with Crippen molar-refractivity contribution >= 4 is 34.8 Å². The SMILES string of the molecule is Clc1cnc(CC2CNCC2c2ccc(Cl)c(Cl)c2)nc1. The van der Waals surface area contributed by atoms with Gasteiger partial charge in [-0.3, -0.25) is 0 Å². The summed E-state index contributed by atoms with van der Waals surface area (Å²) in [4.78, 5) is 8.57. The van der Waals surface area contributed by atoms with Gasteiger partial charge in [0.1, 0.15) is 5.82 Å². The minimum atomic E-state index is 0.388. The van der Waals surface area contributed by atoms with Crippen molar-refractivity contribution in [1.29, 1.82) is 0 Å². The molecule has 0 aliphatic carbocycles. The van der Waals surface area contributed by atoms with E-state index >= 15 is 0 Å². The molecule has 21 heavy (non-hydrogen) atoms. The third-order valence-corrected chi connectivity index (χ3v) is 4.76. The molecule has 1 aromatic carbocycles. The summed E-state index contributed by atoms with van der Waals surface area (Å²) >= 11 is 17.9. The van der Waals surface area contributed by atoms with Crippen molar-refractivity contribution in [2.45, 2.75) is 12.3 Å². The van der Waals surface area contributed by atoms with Crippen LogP contribution in [0.5, 0.6) is 0 Å². The fourth-order valence-corrected chi connectivity index (χ4v) is 3.16. The average Bonchev–Trinajstić information content (AvgIpc) is 2.92. The first kappa shape index (κ1) is 15.0. The third kappa shape index (κ3) is 3.49. The molecule has 110 valence electrons. The fraction of sp³-hybridized carbons (Fsp3) is 0.333. The number of nitrogens with one attached hydrogen (secondary N) is 1. The number of rotatable bonds is 3. The van der Waals surface area contributed by atoms with E-state index < -0.39 is 0 Å². The predicted octanol–water partition coefficient (Wildman–Crippen LogP) is 3.98. The Labute approximate surface area is 138 Å². The van der Waals surface area contributed by atoms with Crippen molar-refractivity contribution in [3.05, 3.63) is 57.0 Å². The highest BCUT2D eigenvalue weighted by molar-refractivity contribution is 6.42. The zero-order valence-corrected chi connectivity index (χ0v) is 13.5. The molecule has 2 atom stereocenters. The lowest BCUT2D eigenvalue weighted by Gasteiger charge is -2.18. The Balaban J connectivity index is 1.78. The Morgan fingerprint density at radius 2 is 1.81 bits per heavy atom. The molecule has 1 aromatic heterocycles. The molecular formula is C15H14Cl3N3. The highest BCUT2D eigenvalue weighted by atomic mass is 35.5. The zero-order chi connectivity index (χ0) is 14.8. The monoisotopic (exact) mass is 341 g/mol. The van der Waals surface area contributed by atoms with Crippen LogP contribution in [0.25, 0.3) is 0 Å². The van der Waals surface area contributed by atoms with Gasteiger partial charge in [-0.1, -0.05) is 40.9 Å². The van der Waals surface area contributed by atoms with E-state index in [-0.39, 0.29) is 0 Å². The third-order valence-electron chi connectivity index (χ3n) is 3.83. The molecule has 0 amide bonds. The van der Waals surface area contributed by atoms with Gasteiger partial charge >= 0.3 is 0 Å². The van der Waals surface area contributed by atoms with Gasteiger partial charge in [0.15, 0.2) is 0 Å². The van der Waals surface area contributed by atoms with E-state index in [4.69, 9.17) is 34.8 Å². The second-order valence-electron chi connectivity index (χ2n) is 5.22. The van der Waals surface area contributed by atoms with Gasteiger partial charge in [0.2, 0.25) is 0 Å². The van der Waals surface area contributed by atoms with Gasteiger partial charge in [-0.15, -0.1) is 0 Å². The normalized spacial score (nSPS) is 21.7. The summed E-state index contributed by atoms with van der Waals surface area (Å²) in [6.07, 6.45) is 4.09. The number of hydrogen-bond donors (Lipinski definition) is 1. The van der Waals surface area contributed by atoms with E-state index in [9.17, 15) is 0 Å². The van der Waals surface area contributed by atoms with E-state index in [1.807, 2.05) is 18.2 Å². The van der Waals surface area contributed by atoms with Crippen molar-refractivity contribution in [2.75, 3.05) is 13.1 Å². The van der Waals surface area contributed by atoms with Crippen molar-refractivity contribution in [2.24, 2.45) is 5.92 Å². The first-order valence-corrected chi connectivity index (χ1v) is 7.89. The van der Waals surface area contributed by atoms with E-state index in [2.05, 4.69) is 15.3 Å². The van der Waals surface area contributed by atoms with Gasteiger partial charge in [0.25, 0.3) is 0 Å². The maximum Gasteiger partial charge on any atom is 0.128 e. The first-order chi connectivity index (χ1) is 10.1. The molecule has 1 aliphatic heterocycles. The van der Waals surface area contributed by atoms with Crippen LogP contribution < -0.4 is 5.32 Å².